The molecule has 1 aliphatic carbocycles. The largest absolute Gasteiger partial charge is 0.336 e. The second kappa shape index (κ2) is 8.53. The Morgan fingerprint density at radius 3 is 2.48 bits per heavy atom. The second-order valence-electron chi connectivity index (χ2n) is 7.36. The highest BCUT2D eigenvalue weighted by Crippen LogP contribution is 2.31. The van der Waals surface area contributed by atoms with Crippen molar-refractivity contribution in [2.24, 2.45) is 0 Å². The highest BCUT2D eigenvalue weighted by molar-refractivity contribution is 7.89. The molecule has 1 aromatic heterocycles. The molecule has 0 bridgehead atoms. The Bertz CT molecular complexity index is 1000. The minimum Gasteiger partial charge on any atom is -0.336 e. The van der Waals surface area contributed by atoms with Gasteiger partial charge in [0.15, 0.2) is 0 Å². The van der Waals surface area contributed by atoms with Gasteiger partial charge in [-0.1, -0.05) is 23.2 Å². The van der Waals surface area contributed by atoms with Gasteiger partial charge in [-0.05, 0) is 47.4 Å². The Morgan fingerprint density at radius 1 is 1.14 bits per heavy atom. The molecular weight excluding hydrogens is 453 g/mol. The van der Waals surface area contributed by atoms with E-state index in [0.717, 1.165) is 32.5 Å². The van der Waals surface area contributed by atoms with E-state index in [0.29, 0.717) is 13.1 Å². The molecule has 1 saturated carbocycles. The molecule has 4 rings (SSSR count). The average molecular weight is 474 g/mol. The molecule has 156 valence electrons. The molecular formula is C19H21Cl2N3O3S2. The van der Waals surface area contributed by atoms with Gasteiger partial charge >= 0.3 is 0 Å². The summed E-state index contributed by atoms with van der Waals surface area (Å²) in [5, 5.41) is 4.36. The van der Waals surface area contributed by atoms with Gasteiger partial charge in [0.1, 0.15) is 4.90 Å². The maximum absolute atomic E-state index is 13.0. The predicted molar refractivity (Wildman–Crippen MR) is 115 cm³/mol. The van der Waals surface area contributed by atoms with Gasteiger partial charge in [-0.15, -0.1) is 0 Å². The van der Waals surface area contributed by atoms with Crippen molar-refractivity contribution in [3.8, 4) is 0 Å². The van der Waals surface area contributed by atoms with Crippen LogP contribution in [0.5, 0.6) is 0 Å². The number of amides is 1. The van der Waals surface area contributed by atoms with Crippen LogP contribution in [-0.4, -0.2) is 56.3 Å². The van der Waals surface area contributed by atoms with Gasteiger partial charge in [-0.2, -0.15) is 11.3 Å². The molecule has 6 nitrogen and oxygen atoms in total. The van der Waals surface area contributed by atoms with Crippen LogP contribution in [0.4, 0.5) is 0 Å². The molecule has 2 fully saturated rings. The van der Waals surface area contributed by atoms with E-state index >= 15 is 0 Å². The number of benzene rings is 1. The summed E-state index contributed by atoms with van der Waals surface area (Å²) in [7, 11) is -3.79. The van der Waals surface area contributed by atoms with Crippen molar-refractivity contribution in [3.63, 3.8) is 0 Å². The fraction of sp³-hybridized carbons (Fsp3) is 0.421. The van der Waals surface area contributed by atoms with E-state index < -0.39 is 10.0 Å². The van der Waals surface area contributed by atoms with Gasteiger partial charge in [0.2, 0.25) is 10.0 Å². The molecule has 2 aromatic rings. The first-order valence-corrected chi connectivity index (χ1v) is 12.6. The van der Waals surface area contributed by atoms with E-state index in [1.165, 1.54) is 17.7 Å². The third kappa shape index (κ3) is 4.95. The lowest BCUT2D eigenvalue weighted by atomic mass is 10.1. The second-order valence-corrected chi connectivity index (χ2v) is 10.6. The molecule has 1 N–H and O–H groups in total. The molecule has 0 atom stereocenters. The topological polar surface area (TPSA) is 69.7 Å². The zero-order valence-corrected chi connectivity index (χ0v) is 18.8. The number of carbonyl (C=O) groups is 1. The lowest BCUT2D eigenvalue weighted by Gasteiger charge is -2.34. The van der Waals surface area contributed by atoms with E-state index in [1.54, 1.807) is 16.2 Å². The van der Waals surface area contributed by atoms with Crippen LogP contribution in [0.1, 0.15) is 28.8 Å². The molecule has 1 aromatic carbocycles. The first-order chi connectivity index (χ1) is 13.8. The number of halogens is 2. The minimum atomic E-state index is -3.79. The highest BCUT2D eigenvalue weighted by Gasteiger charge is 2.31. The number of carbonyl (C=O) groups excluding carboxylic acids is 1. The normalized spacial score (nSPS) is 18.2. The van der Waals surface area contributed by atoms with Gasteiger partial charge in [0, 0.05) is 38.8 Å². The maximum atomic E-state index is 13.0. The number of piperazine rings is 1. The van der Waals surface area contributed by atoms with Gasteiger partial charge in [-0.3, -0.25) is 9.69 Å². The third-order valence-corrected chi connectivity index (χ3v) is 8.12. The van der Waals surface area contributed by atoms with Crippen LogP contribution in [0.2, 0.25) is 10.0 Å². The number of sulfonamides is 1. The van der Waals surface area contributed by atoms with Crippen LogP contribution < -0.4 is 4.72 Å². The summed E-state index contributed by atoms with van der Waals surface area (Å²) in [6.45, 7) is 3.49. The van der Waals surface area contributed by atoms with Crippen LogP contribution in [0.3, 0.4) is 0 Å². The molecule has 2 aliphatic rings. The molecule has 1 amide bonds. The SMILES string of the molecule is O=C(c1cc(S(=O)(=O)NC2CC2)c(Cl)cc1Cl)N1CCN(Cc2ccsc2)CC1. The van der Waals surface area contributed by atoms with Crippen LogP contribution >= 0.6 is 34.5 Å². The quantitative estimate of drug-likeness (QED) is 0.697. The van der Waals surface area contributed by atoms with E-state index in [-0.39, 0.29) is 32.5 Å². The summed E-state index contributed by atoms with van der Waals surface area (Å²) < 4.78 is 27.8. The maximum Gasteiger partial charge on any atom is 0.255 e. The number of nitrogens with zero attached hydrogens (tertiary/aromatic N) is 2. The van der Waals surface area contributed by atoms with Crippen LogP contribution in [0.25, 0.3) is 0 Å². The lowest BCUT2D eigenvalue weighted by Crippen LogP contribution is -2.48. The van der Waals surface area contributed by atoms with Gasteiger partial charge in [0.05, 0.1) is 15.6 Å². The molecule has 0 spiro atoms. The Balaban J connectivity index is 1.48. The lowest BCUT2D eigenvalue weighted by molar-refractivity contribution is 0.0628. The van der Waals surface area contributed by atoms with Crippen molar-refractivity contribution in [2.45, 2.75) is 30.3 Å². The van der Waals surface area contributed by atoms with Crippen LogP contribution in [-0.2, 0) is 16.6 Å². The molecule has 1 aliphatic heterocycles. The molecule has 29 heavy (non-hydrogen) atoms. The Kier molecular flexibility index (Phi) is 6.20. The van der Waals surface area contributed by atoms with Crippen LogP contribution in [0, 0.1) is 0 Å². The number of rotatable bonds is 6. The van der Waals surface area contributed by atoms with E-state index in [4.69, 9.17) is 23.2 Å². The summed E-state index contributed by atoms with van der Waals surface area (Å²) in [4.78, 5) is 16.9. The Morgan fingerprint density at radius 2 is 1.86 bits per heavy atom. The van der Waals surface area contributed by atoms with E-state index in [1.807, 2.05) is 0 Å². The molecule has 0 unspecified atom stereocenters. The van der Waals surface area contributed by atoms with Gasteiger partial charge in [-0.25, -0.2) is 13.1 Å². The van der Waals surface area contributed by atoms with Crippen molar-refractivity contribution >= 4 is 50.5 Å². The van der Waals surface area contributed by atoms with E-state index in [9.17, 15) is 13.2 Å². The molecule has 2 heterocycles. The van der Waals surface area contributed by atoms with Crippen molar-refractivity contribution in [1.82, 2.24) is 14.5 Å². The molecule has 10 heteroatoms. The number of nitrogens with one attached hydrogen (secondary N) is 1. The van der Waals surface area contributed by atoms with Gasteiger partial charge < -0.3 is 4.90 Å². The fourth-order valence-electron chi connectivity index (χ4n) is 3.30. The summed E-state index contributed by atoms with van der Waals surface area (Å²) in [5.74, 6) is -0.273. The number of hydrogen-bond acceptors (Lipinski definition) is 5. The first-order valence-electron chi connectivity index (χ1n) is 9.37. The summed E-state index contributed by atoms with van der Waals surface area (Å²) >= 11 is 14.1. The zero-order valence-electron chi connectivity index (χ0n) is 15.6. The zero-order chi connectivity index (χ0) is 20.6. The summed E-state index contributed by atoms with van der Waals surface area (Å²) in [6.07, 6.45) is 1.62. The summed E-state index contributed by atoms with van der Waals surface area (Å²) in [5.41, 5.74) is 1.44. The van der Waals surface area contributed by atoms with Crippen molar-refractivity contribution in [2.75, 3.05) is 26.2 Å². The Labute approximate surface area is 184 Å². The third-order valence-electron chi connectivity index (χ3n) is 5.09. The molecule has 1 saturated heterocycles. The number of hydrogen-bond donors (Lipinski definition) is 1. The van der Waals surface area contributed by atoms with Crippen molar-refractivity contribution < 1.29 is 13.2 Å². The predicted octanol–water partition coefficient (Wildman–Crippen LogP) is 3.45. The smallest absolute Gasteiger partial charge is 0.255 e. The Hall–Kier alpha value is -1.16. The first kappa shape index (κ1) is 21.1. The number of thiophene rings is 1. The standard InChI is InChI=1S/C19H21Cl2N3O3S2/c20-16-10-17(21)18(29(26,27)22-14-1-2-14)9-15(16)19(25)24-6-4-23(5-7-24)11-13-3-8-28-12-13/h3,8-10,12,14,22H,1-2,4-7,11H2. The van der Waals surface area contributed by atoms with Crippen molar-refractivity contribution in [3.05, 3.63) is 50.1 Å². The monoisotopic (exact) mass is 473 g/mol. The average Bonchev–Trinajstić information content (AvgIpc) is 3.32. The highest BCUT2D eigenvalue weighted by atomic mass is 35.5. The molecule has 0 radical (unpaired) electrons. The van der Waals surface area contributed by atoms with Gasteiger partial charge in [0.25, 0.3) is 5.91 Å². The summed E-state index contributed by atoms with van der Waals surface area (Å²) in [6, 6.07) is 4.69. The van der Waals surface area contributed by atoms with E-state index in [2.05, 4.69) is 26.4 Å². The van der Waals surface area contributed by atoms with Crippen LogP contribution in [0.15, 0.2) is 33.9 Å². The fourth-order valence-corrected chi connectivity index (χ4v) is 6.12. The minimum absolute atomic E-state index is 0.0142. The van der Waals surface area contributed by atoms with Crippen molar-refractivity contribution in [1.29, 1.82) is 0 Å².